The highest BCUT2D eigenvalue weighted by molar-refractivity contribution is 5.78. The first-order chi connectivity index (χ1) is 6.15. The molecule has 2 unspecified atom stereocenters. The van der Waals surface area contributed by atoms with E-state index in [1.165, 1.54) is 0 Å². The number of aliphatic hydroxyl groups is 2. The standard InChI is InChI=1S/C9H17NO3/c1-6(7-2-3-7)9(13)10-4-8(12)5-11/h6-8,11-12H,2-5H2,1H3,(H,10,13). The fourth-order valence-corrected chi connectivity index (χ4v) is 1.25. The lowest BCUT2D eigenvalue weighted by Gasteiger charge is -2.12. The molecule has 2 atom stereocenters. The molecular weight excluding hydrogens is 170 g/mol. The zero-order valence-electron chi connectivity index (χ0n) is 7.86. The predicted octanol–water partition coefficient (Wildman–Crippen LogP) is -0.498. The van der Waals surface area contributed by atoms with Crippen LogP contribution in [0.25, 0.3) is 0 Å². The van der Waals surface area contributed by atoms with Crippen LogP contribution in [0.5, 0.6) is 0 Å². The number of aliphatic hydroxyl groups excluding tert-OH is 2. The minimum absolute atomic E-state index is 0.0185. The van der Waals surface area contributed by atoms with E-state index in [4.69, 9.17) is 10.2 Å². The van der Waals surface area contributed by atoms with E-state index >= 15 is 0 Å². The van der Waals surface area contributed by atoms with Crippen molar-refractivity contribution in [3.8, 4) is 0 Å². The molecule has 1 fully saturated rings. The molecule has 0 aliphatic heterocycles. The zero-order chi connectivity index (χ0) is 9.84. The van der Waals surface area contributed by atoms with Gasteiger partial charge in [-0.2, -0.15) is 0 Å². The number of carbonyl (C=O) groups is 1. The van der Waals surface area contributed by atoms with Gasteiger partial charge in [0.05, 0.1) is 12.7 Å². The highest BCUT2D eigenvalue weighted by atomic mass is 16.3. The summed E-state index contributed by atoms with van der Waals surface area (Å²) < 4.78 is 0. The number of nitrogens with one attached hydrogen (secondary N) is 1. The fourth-order valence-electron chi connectivity index (χ4n) is 1.25. The van der Waals surface area contributed by atoms with Gasteiger partial charge in [-0.1, -0.05) is 6.92 Å². The van der Waals surface area contributed by atoms with Gasteiger partial charge in [-0.25, -0.2) is 0 Å². The van der Waals surface area contributed by atoms with Gasteiger partial charge in [0.1, 0.15) is 0 Å². The average Bonchev–Trinajstić information content (AvgIpc) is 2.95. The summed E-state index contributed by atoms with van der Waals surface area (Å²) in [6.45, 7) is 1.74. The largest absolute Gasteiger partial charge is 0.394 e. The summed E-state index contributed by atoms with van der Waals surface area (Å²) in [6.07, 6.45) is 1.43. The second-order valence-electron chi connectivity index (χ2n) is 3.71. The van der Waals surface area contributed by atoms with Crippen molar-refractivity contribution in [2.45, 2.75) is 25.9 Å². The van der Waals surface area contributed by atoms with Gasteiger partial charge in [0.15, 0.2) is 0 Å². The third-order valence-electron chi connectivity index (χ3n) is 2.47. The van der Waals surface area contributed by atoms with Crippen molar-refractivity contribution >= 4 is 5.91 Å². The molecule has 3 N–H and O–H groups in total. The Morgan fingerprint density at radius 1 is 1.62 bits per heavy atom. The van der Waals surface area contributed by atoms with E-state index in [1.54, 1.807) is 0 Å². The van der Waals surface area contributed by atoms with Crippen LogP contribution < -0.4 is 5.32 Å². The van der Waals surface area contributed by atoms with Gasteiger partial charge >= 0.3 is 0 Å². The van der Waals surface area contributed by atoms with Gasteiger partial charge in [-0.3, -0.25) is 4.79 Å². The first-order valence-corrected chi connectivity index (χ1v) is 4.71. The van der Waals surface area contributed by atoms with Crippen LogP contribution in [0.2, 0.25) is 0 Å². The zero-order valence-corrected chi connectivity index (χ0v) is 7.86. The number of amides is 1. The molecule has 1 saturated carbocycles. The maximum Gasteiger partial charge on any atom is 0.223 e. The van der Waals surface area contributed by atoms with Gasteiger partial charge in [0.25, 0.3) is 0 Å². The first kappa shape index (κ1) is 10.5. The van der Waals surface area contributed by atoms with Crippen LogP contribution in [0, 0.1) is 11.8 Å². The lowest BCUT2D eigenvalue weighted by molar-refractivity contribution is -0.125. The summed E-state index contributed by atoms with van der Waals surface area (Å²) in [5.74, 6) is 0.562. The summed E-state index contributed by atoms with van der Waals surface area (Å²) in [4.78, 5) is 11.3. The van der Waals surface area contributed by atoms with Crippen LogP contribution in [0.4, 0.5) is 0 Å². The summed E-state index contributed by atoms with van der Waals surface area (Å²) in [7, 11) is 0. The molecule has 76 valence electrons. The summed E-state index contributed by atoms with van der Waals surface area (Å²) in [6, 6.07) is 0. The lowest BCUT2D eigenvalue weighted by Crippen LogP contribution is -2.37. The summed E-state index contributed by atoms with van der Waals surface area (Å²) >= 11 is 0. The molecule has 4 nitrogen and oxygen atoms in total. The molecule has 13 heavy (non-hydrogen) atoms. The molecule has 1 amide bonds. The molecular formula is C9H17NO3. The molecule has 0 heterocycles. The average molecular weight is 187 g/mol. The normalized spacial score (nSPS) is 20.8. The van der Waals surface area contributed by atoms with Crippen LogP contribution in [0.15, 0.2) is 0 Å². The third kappa shape index (κ3) is 3.32. The Hall–Kier alpha value is -0.610. The topological polar surface area (TPSA) is 69.6 Å². The molecule has 0 radical (unpaired) electrons. The van der Waals surface area contributed by atoms with Crippen molar-refractivity contribution in [2.75, 3.05) is 13.2 Å². The van der Waals surface area contributed by atoms with Crippen LogP contribution >= 0.6 is 0 Å². The van der Waals surface area contributed by atoms with Crippen molar-refractivity contribution in [2.24, 2.45) is 11.8 Å². The van der Waals surface area contributed by atoms with E-state index in [-0.39, 0.29) is 25.0 Å². The Kier molecular flexibility index (Phi) is 3.69. The fraction of sp³-hybridized carbons (Fsp3) is 0.889. The maximum atomic E-state index is 11.3. The van der Waals surface area contributed by atoms with Crippen molar-refractivity contribution in [3.63, 3.8) is 0 Å². The molecule has 1 aliphatic rings. The van der Waals surface area contributed by atoms with E-state index in [1.807, 2.05) is 6.92 Å². The van der Waals surface area contributed by atoms with Gasteiger partial charge in [0, 0.05) is 12.5 Å². The Bertz CT molecular complexity index is 180. The highest BCUT2D eigenvalue weighted by Crippen LogP contribution is 2.36. The predicted molar refractivity (Wildman–Crippen MR) is 48.0 cm³/mol. The van der Waals surface area contributed by atoms with Crippen molar-refractivity contribution in [1.82, 2.24) is 5.32 Å². The molecule has 0 saturated heterocycles. The van der Waals surface area contributed by atoms with Gasteiger partial charge in [-0.15, -0.1) is 0 Å². The van der Waals surface area contributed by atoms with Crippen LogP contribution in [0.3, 0.4) is 0 Å². The van der Waals surface area contributed by atoms with Crippen molar-refractivity contribution in [3.05, 3.63) is 0 Å². The number of rotatable bonds is 5. The van der Waals surface area contributed by atoms with E-state index in [9.17, 15) is 4.79 Å². The van der Waals surface area contributed by atoms with E-state index < -0.39 is 6.10 Å². The Morgan fingerprint density at radius 2 is 2.23 bits per heavy atom. The summed E-state index contributed by atoms with van der Waals surface area (Å²) in [5, 5.41) is 20.1. The van der Waals surface area contributed by atoms with Crippen LogP contribution in [-0.2, 0) is 4.79 Å². The Morgan fingerprint density at radius 3 is 2.69 bits per heavy atom. The van der Waals surface area contributed by atoms with E-state index in [0.717, 1.165) is 12.8 Å². The quantitative estimate of drug-likeness (QED) is 0.543. The minimum atomic E-state index is -0.838. The monoisotopic (exact) mass is 187 g/mol. The van der Waals surface area contributed by atoms with Gasteiger partial charge in [-0.05, 0) is 18.8 Å². The highest BCUT2D eigenvalue weighted by Gasteiger charge is 2.32. The SMILES string of the molecule is CC(C(=O)NCC(O)CO)C1CC1. The minimum Gasteiger partial charge on any atom is -0.394 e. The van der Waals surface area contributed by atoms with E-state index in [0.29, 0.717) is 5.92 Å². The Labute approximate surface area is 78.0 Å². The Balaban J connectivity index is 2.16. The molecule has 0 bridgehead atoms. The van der Waals surface area contributed by atoms with E-state index in [2.05, 4.69) is 5.32 Å². The number of hydrogen-bond acceptors (Lipinski definition) is 3. The molecule has 4 heteroatoms. The van der Waals surface area contributed by atoms with Gasteiger partial charge in [0.2, 0.25) is 5.91 Å². The summed E-state index contributed by atoms with van der Waals surface area (Å²) in [5.41, 5.74) is 0. The first-order valence-electron chi connectivity index (χ1n) is 4.71. The second kappa shape index (κ2) is 4.58. The third-order valence-corrected chi connectivity index (χ3v) is 2.47. The molecule has 0 aromatic carbocycles. The second-order valence-corrected chi connectivity index (χ2v) is 3.71. The molecule has 0 spiro atoms. The van der Waals surface area contributed by atoms with Crippen LogP contribution in [-0.4, -0.2) is 35.4 Å². The smallest absolute Gasteiger partial charge is 0.223 e. The number of hydrogen-bond donors (Lipinski definition) is 3. The molecule has 1 rings (SSSR count). The number of carbonyl (C=O) groups excluding carboxylic acids is 1. The maximum absolute atomic E-state index is 11.3. The van der Waals surface area contributed by atoms with Crippen LogP contribution in [0.1, 0.15) is 19.8 Å². The lowest BCUT2D eigenvalue weighted by atomic mass is 10.1. The van der Waals surface area contributed by atoms with Gasteiger partial charge < -0.3 is 15.5 Å². The van der Waals surface area contributed by atoms with Crippen molar-refractivity contribution < 1.29 is 15.0 Å². The van der Waals surface area contributed by atoms with Crippen molar-refractivity contribution in [1.29, 1.82) is 0 Å². The molecule has 1 aliphatic carbocycles. The molecule has 0 aromatic heterocycles. The molecule has 0 aromatic rings.